The van der Waals surface area contributed by atoms with E-state index in [0.717, 1.165) is 16.9 Å². The molecule has 0 saturated carbocycles. The van der Waals surface area contributed by atoms with Crippen LogP contribution in [0.4, 0.5) is 11.4 Å². The lowest BCUT2D eigenvalue weighted by atomic mass is 10.1. The van der Waals surface area contributed by atoms with Crippen molar-refractivity contribution >= 4 is 46.2 Å². The minimum atomic E-state index is -1.04. The average molecular weight is 462 g/mol. The summed E-state index contributed by atoms with van der Waals surface area (Å²) in [6.45, 7) is 8.04. The quantitative estimate of drug-likeness (QED) is 0.444. The number of amidine groups is 2. The minimum Gasteiger partial charge on any atom is -0.387 e. The van der Waals surface area contributed by atoms with Gasteiger partial charge in [0.15, 0.2) is 12.3 Å². The summed E-state index contributed by atoms with van der Waals surface area (Å²) in [5.74, 6) is 0.486. The van der Waals surface area contributed by atoms with Gasteiger partial charge in [-0.2, -0.15) is 0 Å². The summed E-state index contributed by atoms with van der Waals surface area (Å²) in [5.41, 5.74) is 8.79. The van der Waals surface area contributed by atoms with E-state index in [4.69, 9.17) is 34.3 Å². The van der Waals surface area contributed by atoms with Gasteiger partial charge < -0.3 is 20.6 Å². The number of aliphatic hydroxyl groups excluding tert-OH is 1. The van der Waals surface area contributed by atoms with E-state index in [-0.39, 0.29) is 23.8 Å². The van der Waals surface area contributed by atoms with Crippen LogP contribution in [-0.4, -0.2) is 41.1 Å². The van der Waals surface area contributed by atoms with Gasteiger partial charge in [-0.1, -0.05) is 41.4 Å². The summed E-state index contributed by atoms with van der Waals surface area (Å²) in [6.07, 6.45) is -0.750. The van der Waals surface area contributed by atoms with Gasteiger partial charge in [0.1, 0.15) is 5.84 Å². The molecule has 1 heterocycles. The first-order valence-corrected chi connectivity index (χ1v) is 11.1. The number of aliphatic hydroxyl groups is 1. The SMILES string of the molecule is CC(C)N1C(=N)C(N=C(N)Cc2ccc(Cl)cc2Cl)C(O)N(C(C)C)c2ccccc21. The van der Waals surface area contributed by atoms with Crippen LogP contribution in [0, 0.1) is 5.41 Å². The Bertz CT molecular complexity index is 992. The number of rotatable bonds is 5. The fourth-order valence-corrected chi connectivity index (χ4v) is 4.42. The summed E-state index contributed by atoms with van der Waals surface area (Å²) in [6, 6.07) is 12.1. The molecule has 1 aliphatic rings. The van der Waals surface area contributed by atoms with Crippen LogP contribution in [-0.2, 0) is 6.42 Å². The number of halogens is 2. The number of anilines is 2. The number of fused-ring (bicyclic) bond motifs is 1. The number of nitrogens with one attached hydrogen (secondary N) is 1. The third-order valence-corrected chi connectivity index (χ3v) is 5.88. The lowest BCUT2D eigenvalue weighted by molar-refractivity contribution is 0.154. The summed E-state index contributed by atoms with van der Waals surface area (Å²) < 4.78 is 0. The van der Waals surface area contributed by atoms with Gasteiger partial charge in [-0.3, -0.25) is 10.4 Å². The average Bonchev–Trinajstić information content (AvgIpc) is 2.77. The van der Waals surface area contributed by atoms with Crippen LogP contribution in [0.3, 0.4) is 0 Å². The summed E-state index contributed by atoms with van der Waals surface area (Å²) in [5, 5.41) is 21.3. The molecule has 0 radical (unpaired) electrons. The second-order valence-electron chi connectivity index (χ2n) is 8.23. The molecule has 1 aliphatic heterocycles. The molecule has 0 spiro atoms. The fourth-order valence-electron chi connectivity index (χ4n) is 3.95. The van der Waals surface area contributed by atoms with Gasteiger partial charge in [0, 0.05) is 28.5 Å². The Morgan fingerprint density at radius 1 is 1.10 bits per heavy atom. The molecule has 166 valence electrons. The highest BCUT2D eigenvalue weighted by Crippen LogP contribution is 2.37. The maximum atomic E-state index is 11.4. The molecule has 2 atom stereocenters. The number of hydrogen-bond donors (Lipinski definition) is 3. The zero-order valence-electron chi connectivity index (χ0n) is 18.2. The van der Waals surface area contributed by atoms with Crippen molar-refractivity contribution in [2.24, 2.45) is 10.7 Å². The molecule has 31 heavy (non-hydrogen) atoms. The molecule has 8 heteroatoms. The van der Waals surface area contributed by atoms with Gasteiger partial charge in [0.25, 0.3) is 0 Å². The zero-order chi connectivity index (χ0) is 22.9. The van der Waals surface area contributed by atoms with Crippen molar-refractivity contribution in [1.82, 2.24) is 0 Å². The van der Waals surface area contributed by atoms with Gasteiger partial charge in [0.2, 0.25) is 0 Å². The van der Waals surface area contributed by atoms with E-state index < -0.39 is 12.3 Å². The van der Waals surface area contributed by atoms with Crippen LogP contribution in [0.15, 0.2) is 47.5 Å². The summed E-state index contributed by atoms with van der Waals surface area (Å²) in [7, 11) is 0. The van der Waals surface area contributed by atoms with Gasteiger partial charge in [-0.25, -0.2) is 0 Å². The van der Waals surface area contributed by atoms with E-state index in [9.17, 15) is 5.11 Å². The molecule has 0 fully saturated rings. The smallest absolute Gasteiger partial charge is 0.157 e. The third-order valence-electron chi connectivity index (χ3n) is 5.29. The first-order chi connectivity index (χ1) is 14.6. The molecule has 2 unspecified atom stereocenters. The summed E-state index contributed by atoms with van der Waals surface area (Å²) in [4.78, 5) is 8.40. The second-order valence-corrected chi connectivity index (χ2v) is 9.07. The van der Waals surface area contributed by atoms with Crippen LogP contribution >= 0.6 is 23.2 Å². The normalized spacial score (nSPS) is 19.8. The van der Waals surface area contributed by atoms with Gasteiger partial charge in [-0.05, 0) is 57.5 Å². The molecule has 0 amide bonds. The van der Waals surface area contributed by atoms with Crippen molar-refractivity contribution in [3.05, 3.63) is 58.1 Å². The largest absolute Gasteiger partial charge is 0.387 e. The Labute approximate surface area is 193 Å². The van der Waals surface area contributed by atoms with E-state index in [2.05, 4.69) is 4.99 Å². The van der Waals surface area contributed by atoms with Gasteiger partial charge in [-0.15, -0.1) is 0 Å². The number of para-hydroxylation sites is 2. The number of aliphatic imine (C=N–C) groups is 1. The van der Waals surface area contributed by atoms with E-state index in [0.29, 0.717) is 16.5 Å². The highest BCUT2D eigenvalue weighted by molar-refractivity contribution is 6.35. The lowest BCUT2D eigenvalue weighted by Gasteiger charge is -2.34. The van der Waals surface area contributed by atoms with Crippen molar-refractivity contribution in [3.63, 3.8) is 0 Å². The fraction of sp³-hybridized carbons (Fsp3) is 0.391. The van der Waals surface area contributed by atoms with Crippen molar-refractivity contribution in [2.75, 3.05) is 9.80 Å². The second kappa shape index (κ2) is 9.47. The van der Waals surface area contributed by atoms with Gasteiger partial charge >= 0.3 is 0 Å². The molecule has 2 aromatic rings. The molecular weight excluding hydrogens is 433 g/mol. The lowest BCUT2D eigenvalue weighted by Crippen LogP contribution is -2.52. The Morgan fingerprint density at radius 2 is 1.74 bits per heavy atom. The van der Waals surface area contributed by atoms with E-state index in [1.54, 1.807) is 18.2 Å². The third kappa shape index (κ3) is 4.81. The predicted molar refractivity (Wildman–Crippen MR) is 131 cm³/mol. The molecular formula is C23H29Cl2N5O. The van der Waals surface area contributed by atoms with E-state index in [1.807, 2.05) is 61.8 Å². The predicted octanol–water partition coefficient (Wildman–Crippen LogP) is 4.70. The minimum absolute atomic E-state index is 0.00223. The molecule has 0 bridgehead atoms. The van der Waals surface area contributed by atoms with Crippen molar-refractivity contribution in [2.45, 2.75) is 58.5 Å². The molecule has 2 aromatic carbocycles. The van der Waals surface area contributed by atoms with Crippen LogP contribution in [0.25, 0.3) is 0 Å². The van der Waals surface area contributed by atoms with E-state index >= 15 is 0 Å². The summed E-state index contributed by atoms with van der Waals surface area (Å²) >= 11 is 12.3. The first kappa shape index (κ1) is 23.4. The monoisotopic (exact) mass is 461 g/mol. The van der Waals surface area contributed by atoms with Crippen LogP contribution in [0.5, 0.6) is 0 Å². The molecule has 0 aliphatic carbocycles. The maximum Gasteiger partial charge on any atom is 0.157 e. The van der Waals surface area contributed by atoms with Gasteiger partial charge in [0.05, 0.1) is 17.2 Å². The molecule has 3 rings (SSSR count). The topological polar surface area (TPSA) is 88.9 Å². The first-order valence-electron chi connectivity index (χ1n) is 10.3. The molecule has 0 saturated heterocycles. The van der Waals surface area contributed by atoms with Crippen molar-refractivity contribution < 1.29 is 5.11 Å². The van der Waals surface area contributed by atoms with Crippen LogP contribution < -0.4 is 15.5 Å². The number of benzene rings is 2. The molecule has 4 N–H and O–H groups in total. The van der Waals surface area contributed by atoms with Crippen molar-refractivity contribution in [1.29, 1.82) is 5.41 Å². The Hall–Kier alpha value is -2.28. The van der Waals surface area contributed by atoms with E-state index in [1.165, 1.54) is 0 Å². The Balaban J connectivity index is 2.04. The highest BCUT2D eigenvalue weighted by Gasteiger charge is 2.39. The zero-order valence-corrected chi connectivity index (χ0v) is 19.7. The van der Waals surface area contributed by atoms with Crippen LogP contribution in [0.2, 0.25) is 10.0 Å². The maximum absolute atomic E-state index is 11.4. The Kier molecular flexibility index (Phi) is 7.14. The molecule has 0 aromatic heterocycles. The number of hydrogen-bond acceptors (Lipinski definition) is 4. The number of nitrogens with two attached hydrogens (primary N) is 1. The standard InChI is InChI=1S/C23H29Cl2N5O/c1-13(2)29-18-7-5-6-8-19(18)30(14(3)4)23(31)21(22(29)27)28-20(26)11-15-9-10-16(24)12-17(15)25/h5-10,12-14,21,23,27,31H,11H2,1-4H3,(H2,26,28). The van der Waals surface area contributed by atoms with Crippen LogP contribution in [0.1, 0.15) is 33.3 Å². The highest BCUT2D eigenvalue weighted by atomic mass is 35.5. The molecule has 6 nitrogen and oxygen atoms in total. The Morgan fingerprint density at radius 3 is 2.32 bits per heavy atom. The van der Waals surface area contributed by atoms with Crippen molar-refractivity contribution in [3.8, 4) is 0 Å². The number of nitrogens with zero attached hydrogens (tertiary/aromatic N) is 3.